The van der Waals surface area contributed by atoms with Gasteiger partial charge in [-0.15, -0.1) is 0 Å². The first-order valence-corrected chi connectivity index (χ1v) is 16.7. The largest absolute Gasteiger partial charge is 0.456 e. The SMILES string of the molecule is c1ccc2cc(N(c3ccc4c(c3)oc3cccc(-c5nc6ccc7ccccc7c6o5)c34)c3ccc4oc5ccccc5c4c3)ccc2c1. The van der Waals surface area contributed by atoms with E-state index in [0.717, 1.165) is 88.4 Å². The van der Waals surface area contributed by atoms with Crippen LogP contribution in [0, 0.1) is 0 Å². The second-order valence-electron chi connectivity index (χ2n) is 12.8. The van der Waals surface area contributed by atoms with Gasteiger partial charge in [-0.2, -0.15) is 0 Å². The van der Waals surface area contributed by atoms with E-state index in [0.29, 0.717) is 5.89 Å². The number of rotatable bonds is 4. The molecule has 0 saturated carbocycles. The van der Waals surface area contributed by atoms with E-state index in [1.807, 2.05) is 42.5 Å². The van der Waals surface area contributed by atoms with Crippen molar-refractivity contribution in [2.45, 2.75) is 0 Å². The highest BCUT2D eigenvalue weighted by Gasteiger charge is 2.21. The summed E-state index contributed by atoms with van der Waals surface area (Å²) in [6.07, 6.45) is 0. The van der Waals surface area contributed by atoms with E-state index in [4.69, 9.17) is 18.2 Å². The smallest absolute Gasteiger partial charge is 0.228 e. The molecule has 3 heterocycles. The molecule has 0 aliphatic heterocycles. The highest BCUT2D eigenvalue weighted by atomic mass is 16.4. The van der Waals surface area contributed by atoms with Gasteiger partial charge >= 0.3 is 0 Å². The van der Waals surface area contributed by atoms with Gasteiger partial charge in [0.05, 0.1) is 0 Å². The number of benzene rings is 8. The molecular weight excluding hydrogens is 617 g/mol. The van der Waals surface area contributed by atoms with Crippen molar-refractivity contribution in [2.75, 3.05) is 4.90 Å². The number of hydrogen-bond donors (Lipinski definition) is 0. The van der Waals surface area contributed by atoms with Crippen molar-refractivity contribution >= 4 is 93.6 Å². The van der Waals surface area contributed by atoms with Crippen molar-refractivity contribution in [1.82, 2.24) is 4.98 Å². The van der Waals surface area contributed by atoms with Crippen LogP contribution in [0.25, 0.3) is 88.0 Å². The molecule has 0 spiro atoms. The van der Waals surface area contributed by atoms with E-state index in [-0.39, 0.29) is 0 Å². The van der Waals surface area contributed by atoms with Crippen LogP contribution in [-0.4, -0.2) is 4.98 Å². The minimum atomic E-state index is 0.576. The molecule has 0 fully saturated rings. The van der Waals surface area contributed by atoms with E-state index in [9.17, 15) is 0 Å². The highest BCUT2D eigenvalue weighted by molar-refractivity contribution is 6.13. The maximum atomic E-state index is 6.60. The Morgan fingerprint density at radius 3 is 2.02 bits per heavy atom. The molecule has 11 rings (SSSR count). The first-order chi connectivity index (χ1) is 24.7. The quantitative estimate of drug-likeness (QED) is 0.191. The van der Waals surface area contributed by atoms with Crippen LogP contribution >= 0.6 is 0 Å². The van der Waals surface area contributed by atoms with Crippen LogP contribution in [0.4, 0.5) is 17.1 Å². The first kappa shape index (κ1) is 27.1. The predicted molar refractivity (Wildman–Crippen MR) is 204 cm³/mol. The molecular formula is C45H26N2O3. The van der Waals surface area contributed by atoms with Gasteiger partial charge in [-0.25, -0.2) is 4.98 Å². The average molecular weight is 643 g/mol. The molecule has 0 N–H and O–H groups in total. The molecule has 0 bridgehead atoms. The Bertz CT molecular complexity index is 3130. The minimum Gasteiger partial charge on any atom is -0.456 e. The summed E-state index contributed by atoms with van der Waals surface area (Å²) in [4.78, 5) is 7.22. The molecule has 0 amide bonds. The topological polar surface area (TPSA) is 55.6 Å². The lowest BCUT2D eigenvalue weighted by Gasteiger charge is -2.26. The zero-order valence-corrected chi connectivity index (χ0v) is 26.6. The summed E-state index contributed by atoms with van der Waals surface area (Å²) in [5, 5.41) is 8.69. The number of anilines is 3. The lowest BCUT2D eigenvalue weighted by atomic mass is 10.0. The Labute approximate surface area is 285 Å². The summed E-state index contributed by atoms with van der Waals surface area (Å²) in [5.74, 6) is 0.576. The van der Waals surface area contributed by atoms with Crippen LogP contribution in [0.2, 0.25) is 0 Å². The summed E-state index contributed by atoms with van der Waals surface area (Å²) < 4.78 is 19.3. The van der Waals surface area contributed by atoms with Crippen LogP contribution in [0.15, 0.2) is 171 Å². The summed E-state index contributed by atoms with van der Waals surface area (Å²) in [6, 6.07) is 54.5. The van der Waals surface area contributed by atoms with Gasteiger partial charge in [0.1, 0.15) is 27.8 Å². The van der Waals surface area contributed by atoms with E-state index in [1.165, 1.54) is 10.8 Å². The zero-order valence-electron chi connectivity index (χ0n) is 26.6. The number of nitrogens with zero attached hydrogens (tertiary/aromatic N) is 2. The molecule has 3 aromatic heterocycles. The van der Waals surface area contributed by atoms with E-state index >= 15 is 0 Å². The van der Waals surface area contributed by atoms with Crippen molar-refractivity contribution in [3.8, 4) is 11.5 Å². The van der Waals surface area contributed by atoms with Gasteiger partial charge in [0.15, 0.2) is 5.58 Å². The summed E-state index contributed by atoms with van der Waals surface area (Å²) in [7, 11) is 0. The maximum Gasteiger partial charge on any atom is 0.228 e. The molecule has 0 aliphatic rings. The fraction of sp³-hybridized carbons (Fsp3) is 0. The molecule has 0 radical (unpaired) electrons. The third-order valence-corrected chi connectivity index (χ3v) is 9.86. The molecule has 5 heteroatoms. The van der Waals surface area contributed by atoms with Gasteiger partial charge in [0, 0.05) is 55.6 Å². The molecule has 50 heavy (non-hydrogen) atoms. The first-order valence-electron chi connectivity index (χ1n) is 16.7. The molecule has 0 atom stereocenters. The van der Waals surface area contributed by atoms with Gasteiger partial charge in [-0.3, -0.25) is 0 Å². The van der Waals surface area contributed by atoms with E-state index in [2.05, 4.69) is 120 Å². The summed E-state index contributed by atoms with van der Waals surface area (Å²) in [5.41, 5.74) is 8.88. The van der Waals surface area contributed by atoms with Crippen LogP contribution in [-0.2, 0) is 0 Å². The zero-order chi connectivity index (χ0) is 32.8. The number of para-hydroxylation sites is 1. The molecule has 5 nitrogen and oxygen atoms in total. The number of fused-ring (bicyclic) bond motifs is 10. The van der Waals surface area contributed by atoms with Crippen molar-refractivity contribution in [3.05, 3.63) is 158 Å². The average Bonchev–Trinajstić information content (AvgIpc) is 3.88. The minimum absolute atomic E-state index is 0.576. The van der Waals surface area contributed by atoms with Gasteiger partial charge in [0.25, 0.3) is 0 Å². The second-order valence-corrected chi connectivity index (χ2v) is 12.8. The summed E-state index contributed by atoms with van der Waals surface area (Å²) >= 11 is 0. The Hall–Kier alpha value is -6.85. The Kier molecular flexibility index (Phi) is 5.60. The molecule has 0 unspecified atom stereocenters. The Balaban J connectivity index is 1.11. The fourth-order valence-electron chi connectivity index (χ4n) is 7.52. The number of aromatic nitrogens is 1. The monoisotopic (exact) mass is 642 g/mol. The van der Waals surface area contributed by atoms with Crippen LogP contribution in [0.5, 0.6) is 0 Å². The van der Waals surface area contributed by atoms with Gasteiger partial charge in [-0.05, 0) is 82.9 Å². The Morgan fingerprint density at radius 2 is 1.08 bits per heavy atom. The maximum absolute atomic E-state index is 6.60. The molecule has 234 valence electrons. The summed E-state index contributed by atoms with van der Waals surface area (Å²) in [6.45, 7) is 0. The van der Waals surface area contributed by atoms with E-state index in [1.54, 1.807) is 0 Å². The molecule has 8 aromatic carbocycles. The van der Waals surface area contributed by atoms with Gasteiger partial charge < -0.3 is 18.2 Å². The normalized spacial score (nSPS) is 12.0. The molecule has 0 saturated heterocycles. The highest BCUT2D eigenvalue weighted by Crippen LogP contribution is 2.43. The molecule has 0 aliphatic carbocycles. The lowest BCUT2D eigenvalue weighted by molar-refractivity contribution is 0.623. The van der Waals surface area contributed by atoms with Gasteiger partial charge in [-0.1, -0.05) is 84.9 Å². The predicted octanol–water partition coefficient (Wildman–Crippen LogP) is 13.1. The number of hydrogen-bond acceptors (Lipinski definition) is 5. The second kappa shape index (κ2) is 10.3. The van der Waals surface area contributed by atoms with Gasteiger partial charge in [0.2, 0.25) is 5.89 Å². The van der Waals surface area contributed by atoms with Crippen molar-refractivity contribution in [1.29, 1.82) is 0 Å². The van der Waals surface area contributed by atoms with Crippen LogP contribution < -0.4 is 4.90 Å². The van der Waals surface area contributed by atoms with Crippen molar-refractivity contribution < 1.29 is 13.3 Å². The number of oxazole rings is 1. The van der Waals surface area contributed by atoms with Crippen LogP contribution in [0.1, 0.15) is 0 Å². The van der Waals surface area contributed by atoms with Crippen molar-refractivity contribution in [2.24, 2.45) is 0 Å². The standard InChI is InChI=1S/C45H26N2O3/c1-2-10-29-24-30(18-16-27(29)8-1)47(31-20-23-40-37(25-31)34-12-5-6-14-39(34)48-40)32-19-21-35-42(26-32)49-41-15-7-13-36(43(35)41)45-46-38-22-17-28-9-3-4-11-33(28)44(38)50-45/h1-26H. The van der Waals surface area contributed by atoms with E-state index < -0.39 is 0 Å². The Morgan fingerprint density at radius 1 is 0.400 bits per heavy atom. The fourth-order valence-corrected chi connectivity index (χ4v) is 7.52. The van der Waals surface area contributed by atoms with Crippen LogP contribution in [0.3, 0.4) is 0 Å². The number of furan rings is 2. The third kappa shape index (κ3) is 4.04. The molecule has 11 aromatic rings. The third-order valence-electron chi connectivity index (χ3n) is 9.86. The lowest BCUT2D eigenvalue weighted by Crippen LogP contribution is -2.09. The van der Waals surface area contributed by atoms with Crippen molar-refractivity contribution in [3.63, 3.8) is 0 Å².